The number of hydrogen-bond acceptors (Lipinski definition) is 12. The van der Waals surface area contributed by atoms with E-state index in [1.165, 1.54) is 120 Å². The summed E-state index contributed by atoms with van der Waals surface area (Å²) in [7, 11) is 0. The molecule has 0 atom stereocenters. The van der Waals surface area contributed by atoms with Crippen LogP contribution in [0.15, 0.2) is 66.7 Å². The van der Waals surface area contributed by atoms with Gasteiger partial charge in [-0.1, -0.05) is 24.3 Å². The average Bonchev–Trinajstić information content (AvgIpc) is 4.09. The number of hydrogen-bond donors (Lipinski definition) is 2. The van der Waals surface area contributed by atoms with Crippen molar-refractivity contribution < 1.29 is 4.74 Å². The first-order valence-corrected chi connectivity index (χ1v) is 22.2. The van der Waals surface area contributed by atoms with E-state index >= 15 is 0 Å². The molecule has 0 saturated carbocycles. The Hall–Kier alpha value is -6.05. The predicted molar refractivity (Wildman–Crippen MR) is 241 cm³/mol. The Balaban J connectivity index is 0.000000101. The Morgan fingerprint density at radius 2 is 1.22 bits per heavy atom. The van der Waals surface area contributed by atoms with Gasteiger partial charge < -0.3 is 20.3 Å². The summed E-state index contributed by atoms with van der Waals surface area (Å²) in [6.07, 6.45) is 5.98. The lowest BCUT2D eigenvalue weighted by molar-refractivity contribution is 0.327. The Bertz CT molecular complexity index is 3240. The van der Waals surface area contributed by atoms with E-state index in [-0.39, 0.29) is 0 Å². The zero-order valence-corrected chi connectivity index (χ0v) is 34.2. The van der Waals surface area contributed by atoms with Crippen LogP contribution in [0.25, 0.3) is 63.0 Å². The Morgan fingerprint density at radius 3 is 1.98 bits per heavy atom. The monoisotopic (exact) mass is 812 g/mol. The number of rotatable bonds is 0. The molecular formula is C46H36N8OS3. The first-order chi connectivity index (χ1) is 28.5. The van der Waals surface area contributed by atoms with Gasteiger partial charge in [0.1, 0.15) is 24.5 Å². The van der Waals surface area contributed by atoms with E-state index in [0.717, 1.165) is 68.0 Å². The maximum absolute atomic E-state index is 9.14. The van der Waals surface area contributed by atoms with Crippen molar-refractivity contribution >= 4 is 114 Å². The predicted octanol–water partition coefficient (Wildman–Crippen LogP) is 10.9. The molecule has 0 fully saturated rings. The molecule has 6 aromatic carbocycles. The van der Waals surface area contributed by atoms with Gasteiger partial charge in [0.05, 0.1) is 41.3 Å². The van der Waals surface area contributed by atoms with Crippen molar-refractivity contribution in [2.75, 3.05) is 48.3 Å². The number of fused-ring (bicyclic) bond motifs is 14. The van der Waals surface area contributed by atoms with Crippen molar-refractivity contribution in [3.05, 3.63) is 98.4 Å². The van der Waals surface area contributed by atoms with E-state index in [4.69, 9.17) is 15.3 Å². The smallest absolute Gasteiger partial charge is 0.195 e. The van der Waals surface area contributed by atoms with Gasteiger partial charge in [0.2, 0.25) is 0 Å². The van der Waals surface area contributed by atoms with Crippen LogP contribution in [0.3, 0.4) is 0 Å². The first-order valence-electron chi connectivity index (χ1n) is 19.8. The molecule has 0 saturated heterocycles. The number of benzene rings is 6. The molecule has 0 amide bonds. The van der Waals surface area contributed by atoms with Crippen molar-refractivity contribution in [1.82, 2.24) is 15.0 Å². The van der Waals surface area contributed by atoms with Crippen molar-refractivity contribution in [3.8, 4) is 17.9 Å². The third-order valence-corrected chi connectivity index (χ3v) is 14.7. The fourth-order valence-corrected chi connectivity index (χ4v) is 12.0. The van der Waals surface area contributed by atoms with Crippen molar-refractivity contribution in [1.29, 1.82) is 10.5 Å². The van der Waals surface area contributed by atoms with Crippen LogP contribution in [0, 0.1) is 29.6 Å². The largest absolute Gasteiger partial charge is 0.489 e. The molecule has 0 spiro atoms. The molecule has 7 heterocycles. The minimum Gasteiger partial charge on any atom is -0.489 e. The van der Waals surface area contributed by atoms with Crippen LogP contribution >= 0.6 is 34.0 Å². The summed E-state index contributed by atoms with van der Waals surface area (Å²) in [5.41, 5.74) is 11.3. The van der Waals surface area contributed by atoms with Crippen LogP contribution in [0.1, 0.15) is 44.6 Å². The first kappa shape index (κ1) is 35.1. The normalized spacial score (nSPS) is 15.0. The molecule has 12 heteroatoms. The van der Waals surface area contributed by atoms with E-state index < -0.39 is 0 Å². The number of nitrogens with zero attached hydrogens (tertiary/aromatic N) is 6. The van der Waals surface area contributed by atoms with Crippen molar-refractivity contribution in [2.24, 2.45) is 0 Å². The molecule has 9 nitrogen and oxygen atoms in total. The Morgan fingerprint density at radius 1 is 0.621 bits per heavy atom. The molecule has 3 aromatic heterocycles. The van der Waals surface area contributed by atoms with Gasteiger partial charge in [-0.25, -0.2) is 15.0 Å². The van der Waals surface area contributed by atoms with Crippen LogP contribution in [0.5, 0.6) is 5.75 Å². The number of ether oxygens (including phenoxy) is 1. The fourth-order valence-electron chi connectivity index (χ4n) is 9.28. The van der Waals surface area contributed by atoms with Gasteiger partial charge in [-0.2, -0.15) is 10.5 Å². The Labute approximate surface area is 346 Å². The lowest BCUT2D eigenvalue weighted by Crippen LogP contribution is -2.34. The third kappa shape index (κ3) is 5.78. The molecule has 9 aromatic rings. The van der Waals surface area contributed by atoms with Gasteiger partial charge in [-0.05, 0) is 109 Å². The molecule has 0 unspecified atom stereocenters. The van der Waals surface area contributed by atoms with Gasteiger partial charge in [-0.15, -0.1) is 34.0 Å². The molecular weight excluding hydrogens is 777 g/mol. The molecule has 0 bridgehead atoms. The number of nitriles is 2. The van der Waals surface area contributed by atoms with Gasteiger partial charge in [0.25, 0.3) is 0 Å². The van der Waals surface area contributed by atoms with Crippen LogP contribution < -0.4 is 20.3 Å². The highest BCUT2D eigenvalue weighted by Crippen LogP contribution is 2.44. The lowest BCUT2D eigenvalue weighted by Gasteiger charge is -2.37. The number of aryl methyl sites for hydroxylation is 3. The van der Waals surface area contributed by atoms with E-state index in [1.54, 1.807) is 11.3 Å². The average molecular weight is 813 g/mol. The third-order valence-electron chi connectivity index (χ3n) is 11.7. The summed E-state index contributed by atoms with van der Waals surface area (Å²) in [4.78, 5) is 15.9. The molecule has 0 aliphatic carbocycles. The molecule has 4 aliphatic rings. The van der Waals surface area contributed by atoms with Gasteiger partial charge in [0, 0.05) is 59.1 Å². The minimum absolute atomic E-state index is 0.499. The quantitative estimate of drug-likeness (QED) is 0.154. The van der Waals surface area contributed by atoms with Gasteiger partial charge >= 0.3 is 0 Å². The Kier molecular flexibility index (Phi) is 8.54. The van der Waals surface area contributed by atoms with Crippen molar-refractivity contribution in [3.63, 3.8) is 0 Å². The molecule has 0 radical (unpaired) electrons. The van der Waals surface area contributed by atoms with Crippen LogP contribution in [-0.2, 0) is 19.3 Å². The van der Waals surface area contributed by atoms with Gasteiger partial charge in [-0.3, -0.25) is 0 Å². The summed E-state index contributed by atoms with van der Waals surface area (Å²) >= 11 is 4.75. The summed E-state index contributed by atoms with van der Waals surface area (Å²) in [6, 6.07) is 27.8. The van der Waals surface area contributed by atoms with Crippen LogP contribution in [-0.4, -0.2) is 47.7 Å². The summed E-state index contributed by atoms with van der Waals surface area (Å²) in [6.45, 7) is 7.05. The maximum atomic E-state index is 9.14. The number of thiazole rings is 3. The second-order valence-corrected chi connectivity index (χ2v) is 18.3. The highest BCUT2D eigenvalue weighted by Gasteiger charge is 2.26. The molecule has 58 heavy (non-hydrogen) atoms. The number of anilines is 3. The van der Waals surface area contributed by atoms with E-state index in [9.17, 15) is 0 Å². The molecule has 4 aliphatic heterocycles. The second kappa shape index (κ2) is 14.1. The topological polar surface area (TPSA) is 123 Å². The van der Waals surface area contributed by atoms with E-state index in [1.807, 2.05) is 18.2 Å². The molecule has 284 valence electrons. The van der Waals surface area contributed by atoms with E-state index in [2.05, 4.69) is 98.1 Å². The summed E-state index contributed by atoms with van der Waals surface area (Å²) < 4.78 is 9.33. The van der Waals surface area contributed by atoms with E-state index in [0.29, 0.717) is 16.6 Å². The highest BCUT2D eigenvalue weighted by molar-refractivity contribution is 7.20. The maximum Gasteiger partial charge on any atom is 0.195 e. The lowest BCUT2D eigenvalue weighted by atomic mass is 9.88. The zero-order chi connectivity index (χ0) is 38.9. The SMILES string of the molecule is Cc1nc2ccc3c4c(ccc3c2s1)NCC4.N#Cc1nc2ccc3c4c(ccc3c2s1)NCCO4.N#Cc1nc2ccc3c4c5c(cc3c2s1)CCCN5CCC4. The molecule has 13 rings (SSSR count). The fraction of sp³-hybridized carbons (Fsp3) is 0.239. The van der Waals surface area contributed by atoms with Gasteiger partial charge in [0.15, 0.2) is 10.0 Å². The highest BCUT2D eigenvalue weighted by atomic mass is 32.1. The number of nitrogens with one attached hydrogen (secondary N) is 2. The standard InChI is InChI=1S/C18H15N3S.C14H9N3OS.C14H12N2S/c19-10-16-20-15-6-5-12-13-4-2-8-21-7-1-3-11(17(13)21)9-14(12)18(15)22-16;15-7-12-17-11-4-1-8-9(14(11)19-12)2-3-10-13(8)18-6-5-16-10;1-8-16-13-5-2-9-10-6-7-15-12(10)4-3-11(9)14(13)17-8/h5-6,9H,1-4,7-8H2;1-4,16H,5-6H2;2-5,15H,6-7H2,1H3. The second-order valence-electron chi connectivity index (χ2n) is 15.1. The summed E-state index contributed by atoms with van der Waals surface area (Å²) in [5.74, 6) is 0.901. The zero-order valence-electron chi connectivity index (χ0n) is 31.7. The number of aromatic nitrogens is 3. The minimum atomic E-state index is 0.499. The summed E-state index contributed by atoms with van der Waals surface area (Å²) in [5, 5.41) is 34.7. The molecule has 2 N–H and O–H groups in total. The van der Waals surface area contributed by atoms with Crippen LogP contribution in [0.4, 0.5) is 17.1 Å². The van der Waals surface area contributed by atoms with Crippen molar-refractivity contribution in [2.45, 2.75) is 39.0 Å². The van der Waals surface area contributed by atoms with Crippen LogP contribution in [0.2, 0.25) is 0 Å².